The number of hydrogen-bond donors (Lipinski definition) is 0. The number of fused-ring (bicyclic) bond motifs is 2. The van der Waals surface area contributed by atoms with E-state index in [2.05, 4.69) is 35.2 Å². The minimum absolute atomic E-state index is 0.0362. The summed E-state index contributed by atoms with van der Waals surface area (Å²) < 4.78 is 11.0. The highest BCUT2D eigenvalue weighted by Crippen LogP contribution is 2.35. The van der Waals surface area contributed by atoms with Gasteiger partial charge in [0, 0.05) is 30.1 Å². The van der Waals surface area contributed by atoms with Gasteiger partial charge in [0.15, 0.2) is 5.78 Å². The molecule has 28 heavy (non-hydrogen) atoms. The summed E-state index contributed by atoms with van der Waals surface area (Å²) in [6, 6.07) is 18.2. The molecule has 2 aromatic rings. The number of rotatable bonds is 5. The van der Waals surface area contributed by atoms with Gasteiger partial charge in [-0.05, 0) is 36.6 Å². The van der Waals surface area contributed by atoms with Crippen molar-refractivity contribution in [2.45, 2.75) is 31.5 Å². The van der Waals surface area contributed by atoms with Crippen LogP contribution in [0.3, 0.4) is 0 Å². The largest absolute Gasteiger partial charge is 0.495 e. The van der Waals surface area contributed by atoms with Gasteiger partial charge in [0.1, 0.15) is 11.8 Å². The summed E-state index contributed by atoms with van der Waals surface area (Å²) in [6.45, 7) is 2.22. The van der Waals surface area contributed by atoms with Gasteiger partial charge in [-0.1, -0.05) is 30.3 Å². The highest BCUT2D eigenvalue weighted by molar-refractivity contribution is 5.98. The van der Waals surface area contributed by atoms with Crippen molar-refractivity contribution in [1.29, 1.82) is 5.26 Å². The predicted molar refractivity (Wildman–Crippen MR) is 105 cm³/mol. The monoisotopic (exact) mass is 376 g/mol. The lowest BCUT2D eigenvalue weighted by Crippen LogP contribution is -2.57. The van der Waals surface area contributed by atoms with Crippen molar-refractivity contribution in [2.24, 2.45) is 5.92 Å². The van der Waals surface area contributed by atoms with Gasteiger partial charge in [0.2, 0.25) is 0 Å². The topological polar surface area (TPSA) is 62.6 Å². The number of hydrogen-bond acceptors (Lipinski definition) is 5. The van der Waals surface area contributed by atoms with Crippen molar-refractivity contribution in [2.75, 3.05) is 20.3 Å². The quantitative estimate of drug-likeness (QED) is 0.748. The molecule has 2 aliphatic heterocycles. The van der Waals surface area contributed by atoms with Gasteiger partial charge < -0.3 is 9.47 Å². The third-order valence-electron chi connectivity index (χ3n) is 5.85. The zero-order valence-corrected chi connectivity index (χ0v) is 16.0. The van der Waals surface area contributed by atoms with E-state index in [0.29, 0.717) is 30.1 Å². The number of methoxy groups -OCH3 is 1. The molecule has 0 aliphatic carbocycles. The standard InChI is InChI=1S/C23H24N2O3/c1-27-22-8-7-17(9-19(22)12-24)23(26)18-10-20-14-28-15-21(11-18)25(20)13-16-5-3-2-4-6-16/h2-9,18,20-21H,10-11,13-15H2,1H3. The number of nitrogens with zero attached hydrogens (tertiary/aromatic N) is 2. The fraction of sp³-hybridized carbons (Fsp3) is 0.391. The van der Waals surface area contributed by atoms with Gasteiger partial charge in [0.25, 0.3) is 0 Å². The average molecular weight is 376 g/mol. The van der Waals surface area contributed by atoms with Crippen molar-refractivity contribution in [3.63, 3.8) is 0 Å². The molecule has 0 amide bonds. The van der Waals surface area contributed by atoms with Crippen molar-refractivity contribution in [1.82, 2.24) is 4.90 Å². The SMILES string of the molecule is COc1ccc(C(=O)C2CC3COCC(C2)N3Cc2ccccc2)cc1C#N. The molecule has 0 N–H and O–H groups in total. The number of Topliss-reactive ketones (excluding diaryl/α,β-unsaturated/α-hetero) is 1. The minimum Gasteiger partial charge on any atom is -0.495 e. The maximum atomic E-state index is 13.2. The first-order valence-corrected chi connectivity index (χ1v) is 9.69. The van der Waals surface area contributed by atoms with Crippen LogP contribution in [-0.4, -0.2) is 43.1 Å². The molecule has 144 valence electrons. The van der Waals surface area contributed by atoms with Crippen LogP contribution in [0.5, 0.6) is 5.75 Å². The second kappa shape index (κ2) is 8.14. The van der Waals surface area contributed by atoms with E-state index in [1.54, 1.807) is 18.2 Å². The van der Waals surface area contributed by atoms with Crippen LogP contribution in [0.1, 0.15) is 34.3 Å². The Balaban J connectivity index is 1.51. The van der Waals surface area contributed by atoms with Crippen LogP contribution in [-0.2, 0) is 11.3 Å². The molecule has 0 saturated carbocycles. The van der Waals surface area contributed by atoms with Gasteiger partial charge >= 0.3 is 0 Å². The maximum absolute atomic E-state index is 13.2. The Morgan fingerprint density at radius 1 is 1.18 bits per heavy atom. The van der Waals surface area contributed by atoms with E-state index in [0.717, 1.165) is 19.4 Å². The number of carbonyl (C=O) groups is 1. The Hall–Kier alpha value is -2.68. The van der Waals surface area contributed by atoms with E-state index >= 15 is 0 Å². The molecule has 2 heterocycles. The molecule has 5 heteroatoms. The molecule has 2 aromatic carbocycles. The van der Waals surface area contributed by atoms with Gasteiger partial charge in [-0.3, -0.25) is 9.69 Å². The number of nitriles is 1. The van der Waals surface area contributed by atoms with Gasteiger partial charge in [-0.15, -0.1) is 0 Å². The van der Waals surface area contributed by atoms with Crippen LogP contribution in [0, 0.1) is 17.2 Å². The van der Waals surface area contributed by atoms with Crippen molar-refractivity contribution >= 4 is 5.78 Å². The minimum atomic E-state index is -0.0362. The highest BCUT2D eigenvalue weighted by atomic mass is 16.5. The fourth-order valence-electron chi connectivity index (χ4n) is 4.44. The zero-order chi connectivity index (χ0) is 19.5. The molecule has 2 unspecified atom stereocenters. The summed E-state index contributed by atoms with van der Waals surface area (Å²) in [4.78, 5) is 15.7. The molecule has 2 bridgehead atoms. The number of ether oxygens (including phenoxy) is 2. The average Bonchev–Trinajstić information content (AvgIpc) is 2.73. The summed E-state index contributed by atoms with van der Waals surface area (Å²) in [5.74, 6) is 0.586. The van der Waals surface area contributed by atoms with Crippen LogP contribution in [0.4, 0.5) is 0 Å². The number of benzene rings is 2. The van der Waals surface area contributed by atoms with E-state index in [4.69, 9.17) is 9.47 Å². The van der Waals surface area contributed by atoms with Crippen LogP contribution in [0.15, 0.2) is 48.5 Å². The summed E-state index contributed by atoms with van der Waals surface area (Å²) in [7, 11) is 1.53. The lowest BCUT2D eigenvalue weighted by atomic mass is 9.80. The highest BCUT2D eigenvalue weighted by Gasteiger charge is 2.41. The first-order chi connectivity index (χ1) is 13.7. The molecule has 5 nitrogen and oxygen atoms in total. The number of morpholine rings is 1. The molecule has 2 aliphatic rings. The Bertz CT molecular complexity index is 876. The van der Waals surface area contributed by atoms with Crippen molar-refractivity contribution in [3.05, 3.63) is 65.2 Å². The van der Waals surface area contributed by atoms with Gasteiger partial charge in [0.05, 0.1) is 25.9 Å². The first-order valence-electron chi connectivity index (χ1n) is 9.69. The van der Waals surface area contributed by atoms with E-state index < -0.39 is 0 Å². The number of carbonyl (C=O) groups excluding carboxylic acids is 1. The summed E-state index contributed by atoms with van der Waals surface area (Å²) >= 11 is 0. The van der Waals surface area contributed by atoms with Crippen molar-refractivity contribution < 1.29 is 14.3 Å². The zero-order valence-electron chi connectivity index (χ0n) is 16.0. The fourth-order valence-corrected chi connectivity index (χ4v) is 4.44. The molecule has 2 saturated heterocycles. The lowest BCUT2D eigenvalue weighted by molar-refractivity contribution is -0.0872. The van der Waals surface area contributed by atoms with Crippen LogP contribution in [0.2, 0.25) is 0 Å². The molecule has 0 radical (unpaired) electrons. The lowest BCUT2D eigenvalue weighted by Gasteiger charge is -2.48. The Labute approximate surface area is 165 Å². The Morgan fingerprint density at radius 2 is 1.89 bits per heavy atom. The van der Waals surface area contributed by atoms with E-state index in [9.17, 15) is 10.1 Å². The van der Waals surface area contributed by atoms with Gasteiger partial charge in [-0.25, -0.2) is 0 Å². The molecule has 4 rings (SSSR count). The first kappa shape index (κ1) is 18.7. The smallest absolute Gasteiger partial charge is 0.166 e. The second-order valence-corrected chi connectivity index (χ2v) is 7.56. The van der Waals surface area contributed by atoms with E-state index in [-0.39, 0.29) is 23.8 Å². The summed E-state index contributed by atoms with van der Waals surface area (Å²) in [5.41, 5.74) is 2.29. The van der Waals surface area contributed by atoms with E-state index in [1.807, 2.05) is 6.07 Å². The third-order valence-corrected chi connectivity index (χ3v) is 5.85. The normalized spacial score (nSPS) is 24.4. The van der Waals surface area contributed by atoms with E-state index in [1.165, 1.54) is 12.7 Å². The van der Waals surface area contributed by atoms with Gasteiger partial charge in [-0.2, -0.15) is 5.26 Å². The second-order valence-electron chi connectivity index (χ2n) is 7.56. The number of piperidine rings is 1. The molecular formula is C23H24N2O3. The Morgan fingerprint density at radius 3 is 2.54 bits per heavy atom. The molecular weight excluding hydrogens is 352 g/mol. The van der Waals surface area contributed by atoms with Crippen molar-refractivity contribution in [3.8, 4) is 11.8 Å². The molecule has 2 atom stereocenters. The molecule has 0 aromatic heterocycles. The number of ketones is 1. The van der Waals surface area contributed by atoms with Crippen LogP contribution >= 0.6 is 0 Å². The maximum Gasteiger partial charge on any atom is 0.166 e. The van der Waals surface area contributed by atoms with Crippen LogP contribution in [0.25, 0.3) is 0 Å². The molecule has 0 spiro atoms. The third kappa shape index (κ3) is 3.66. The summed E-state index contributed by atoms with van der Waals surface area (Å²) in [5, 5.41) is 9.31. The Kier molecular flexibility index (Phi) is 5.43. The van der Waals surface area contributed by atoms with Crippen LogP contribution < -0.4 is 4.74 Å². The predicted octanol–water partition coefficient (Wildman–Crippen LogP) is 3.43. The summed E-state index contributed by atoms with van der Waals surface area (Å²) in [6.07, 6.45) is 1.58. The molecule has 2 fully saturated rings.